The number of ketones is 3. The number of anilines is 1. The Bertz CT molecular complexity index is 2100. The van der Waals surface area contributed by atoms with E-state index in [0.29, 0.717) is 50.5 Å². The van der Waals surface area contributed by atoms with Crippen molar-refractivity contribution in [3.05, 3.63) is 154 Å². The summed E-state index contributed by atoms with van der Waals surface area (Å²) in [5, 5.41) is 1.71. The van der Waals surface area contributed by atoms with Gasteiger partial charge in [0.15, 0.2) is 17.3 Å². The molecule has 9 rings (SSSR count). The summed E-state index contributed by atoms with van der Waals surface area (Å²) in [5.74, 6) is 0.000628. The Morgan fingerprint density at radius 3 is 1.67 bits per heavy atom. The van der Waals surface area contributed by atoms with Gasteiger partial charge in [0.05, 0.1) is 18.5 Å². The van der Waals surface area contributed by atoms with Crippen LogP contribution in [0.25, 0.3) is 22.2 Å². The smallest absolute Gasteiger partial charge is 0.193 e. The lowest BCUT2D eigenvalue weighted by atomic mass is 9.64. The SMILES string of the molecule is COc1ccc(N2C3=C(C(=O)c4ccccc43)C3(C(=O)c4cccc5cccc3c45)C3=C2c2ccccc2C3=O)cc1. The summed E-state index contributed by atoms with van der Waals surface area (Å²) in [6.07, 6.45) is 0. The molecule has 5 nitrogen and oxygen atoms in total. The predicted molar refractivity (Wildman–Crippen MR) is 161 cm³/mol. The molecule has 4 aliphatic rings. The van der Waals surface area contributed by atoms with Crippen molar-refractivity contribution in [2.45, 2.75) is 5.41 Å². The second kappa shape index (κ2) is 7.80. The quantitative estimate of drug-likeness (QED) is 0.240. The molecule has 0 radical (unpaired) electrons. The van der Waals surface area contributed by atoms with E-state index in [0.717, 1.165) is 27.6 Å². The molecule has 198 valence electrons. The highest BCUT2D eigenvalue weighted by molar-refractivity contribution is 6.41. The summed E-state index contributed by atoms with van der Waals surface area (Å²) in [6, 6.07) is 34.0. The molecule has 0 atom stereocenters. The standard InChI is InChI=1S/C37H21NO4/c1-42-22-18-16-21(17-19-22)38-32-23-10-2-4-12-25(23)34(39)30(32)37(31-33(38)24-11-3-5-13-26(24)35(31)40)28-15-7-9-20-8-6-14-27(29(20)28)36(37)41/h2-19H,1H3. The molecule has 0 saturated heterocycles. The molecule has 1 aliphatic heterocycles. The Balaban J connectivity index is 1.49. The third-order valence-corrected chi connectivity index (χ3v) is 9.20. The Hall–Kier alpha value is -5.55. The molecule has 5 aromatic rings. The summed E-state index contributed by atoms with van der Waals surface area (Å²) in [5.41, 5.74) is 4.91. The van der Waals surface area contributed by atoms with E-state index in [2.05, 4.69) is 0 Å². The summed E-state index contributed by atoms with van der Waals surface area (Å²) in [7, 11) is 1.61. The minimum atomic E-state index is -1.58. The molecule has 1 heterocycles. The molecule has 0 saturated carbocycles. The molecular formula is C37H21NO4. The normalized spacial score (nSPS) is 17.3. The first-order valence-electron chi connectivity index (χ1n) is 13.9. The summed E-state index contributed by atoms with van der Waals surface area (Å²) in [4.78, 5) is 46.4. The minimum Gasteiger partial charge on any atom is -0.497 e. The van der Waals surface area contributed by atoms with Crippen molar-refractivity contribution in [2.24, 2.45) is 0 Å². The van der Waals surface area contributed by atoms with Gasteiger partial charge in [-0.25, -0.2) is 0 Å². The van der Waals surface area contributed by atoms with Crippen molar-refractivity contribution in [1.29, 1.82) is 0 Å². The molecule has 5 heteroatoms. The summed E-state index contributed by atoms with van der Waals surface area (Å²) < 4.78 is 5.44. The number of carbonyl (C=O) groups excluding carboxylic acids is 3. The Morgan fingerprint density at radius 2 is 1.10 bits per heavy atom. The molecule has 0 fully saturated rings. The fraction of sp³-hybridized carbons (Fsp3) is 0.0541. The maximum Gasteiger partial charge on any atom is 0.193 e. The lowest BCUT2D eigenvalue weighted by Crippen LogP contribution is -2.46. The third-order valence-electron chi connectivity index (χ3n) is 9.20. The minimum absolute atomic E-state index is 0.229. The predicted octanol–water partition coefficient (Wildman–Crippen LogP) is 7.02. The molecule has 0 N–H and O–H groups in total. The zero-order valence-electron chi connectivity index (χ0n) is 22.5. The molecule has 0 amide bonds. The fourth-order valence-corrected chi connectivity index (χ4v) is 7.58. The number of hydrogen-bond acceptors (Lipinski definition) is 5. The van der Waals surface area contributed by atoms with E-state index in [1.165, 1.54) is 0 Å². The van der Waals surface area contributed by atoms with Crippen LogP contribution in [0.4, 0.5) is 5.69 Å². The van der Waals surface area contributed by atoms with Crippen LogP contribution in [-0.2, 0) is 5.41 Å². The van der Waals surface area contributed by atoms with Gasteiger partial charge >= 0.3 is 0 Å². The highest BCUT2D eigenvalue weighted by Gasteiger charge is 2.64. The van der Waals surface area contributed by atoms with Crippen LogP contribution in [0.15, 0.2) is 120 Å². The number of allylic oxidation sites excluding steroid dienone is 2. The maximum atomic E-state index is 15.1. The number of benzene rings is 5. The van der Waals surface area contributed by atoms with E-state index in [-0.39, 0.29) is 17.3 Å². The van der Waals surface area contributed by atoms with Crippen LogP contribution in [0.3, 0.4) is 0 Å². The van der Waals surface area contributed by atoms with Crippen LogP contribution in [0.5, 0.6) is 5.75 Å². The van der Waals surface area contributed by atoms with Crippen LogP contribution in [0, 0.1) is 0 Å². The second-order valence-corrected chi connectivity index (χ2v) is 11.0. The van der Waals surface area contributed by atoms with E-state index in [9.17, 15) is 9.59 Å². The molecule has 3 aliphatic carbocycles. The number of fused-ring (bicyclic) bond motifs is 7. The van der Waals surface area contributed by atoms with Gasteiger partial charge < -0.3 is 9.64 Å². The molecule has 5 aromatic carbocycles. The first-order valence-corrected chi connectivity index (χ1v) is 13.9. The number of ether oxygens (including phenoxy) is 1. The molecule has 0 unspecified atom stereocenters. The maximum absolute atomic E-state index is 15.1. The summed E-state index contributed by atoms with van der Waals surface area (Å²) >= 11 is 0. The van der Waals surface area contributed by atoms with Gasteiger partial charge in [-0.1, -0.05) is 84.9 Å². The highest BCUT2D eigenvalue weighted by Crippen LogP contribution is 2.63. The number of hydrogen-bond donors (Lipinski definition) is 0. The average Bonchev–Trinajstić information content (AvgIpc) is 3.60. The van der Waals surface area contributed by atoms with E-state index in [1.807, 2.05) is 114 Å². The van der Waals surface area contributed by atoms with Crippen molar-refractivity contribution < 1.29 is 19.1 Å². The van der Waals surface area contributed by atoms with Crippen molar-refractivity contribution in [2.75, 3.05) is 12.0 Å². The van der Waals surface area contributed by atoms with Crippen molar-refractivity contribution in [3.8, 4) is 5.75 Å². The van der Waals surface area contributed by atoms with Crippen LogP contribution in [-0.4, -0.2) is 24.5 Å². The van der Waals surface area contributed by atoms with Gasteiger partial charge in [-0.3, -0.25) is 14.4 Å². The van der Waals surface area contributed by atoms with Crippen molar-refractivity contribution in [1.82, 2.24) is 0 Å². The molecule has 0 bridgehead atoms. The third kappa shape index (κ3) is 2.49. The second-order valence-electron chi connectivity index (χ2n) is 11.0. The van der Waals surface area contributed by atoms with Crippen molar-refractivity contribution >= 4 is 45.2 Å². The van der Waals surface area contributed by atoms with Crippen LogP contribution >= 0.6 is 0 Å². The zero-order valence-corrected chi connectivity index (χ0v) is 22.5. The zero-order chi connectivity index (χ0) is 28.3. The van der Waals surface area contributed by atoms with Crippen LogP contribution < -0.4 is 9.64 Å². The lowest BCUT2D eigenvalue weighted by molar-refractivity contribution is 0.0886. The summed E-state index contributed by atoms with van der Waals surface area (Å²) in [6.45, 7) is 0. The number of carbonyl (C=O) groups is 3. The van der Waals surface area contributed by atoms with E-state index in [1.54, 1.807) is 7.11 Å². The number of nitrogens with zero attached hydrogens (tertiary/aromatic N) is 1. The molecule has 1 spiro atoms. The highest BCUT2D eigenvalue weighted by atomic mass is 16.5. The Labute approximate surface area is 241 Å². The van der Waals surface area contributed by atoms with Gasteiger partial charge in [0, 0.05) is 44.7 Å². The van der Waals surface area contributed by atoms with Gasteiger partial charge in [-0.2, -0.15) is 0 Å². The molecule has 42 heavy (non-hydrogen) atoms. The Kier molecular flexibility index (Phi) is 4.30. The van der Waals surface area contributed by atoms with Gasteiger partial charge in [-0.15, -0.1) is 0 Å². The van der Waals surface area contributed by atoms with E-state index >= 15 is 4.79 Å². The van der Waals surface area contributed by atoms with Crippen molar-refractivity contribution in [3.63, 3.8) is 0 Å². The van der Waals surface area contributed by atoms with Crippen LogP contribution in [0.2, 0.25) is 0 Å². The van der Waals surface area contributed by atoms with Gasteiger partial charge in [0.2, 0.25) is 0 Å². The lowest BCUT2D eigenvalue weighted by Gasteiger charge is -2.41. The van der Waals surface area contributed by atoms with Gasteiger partial charge in [-0.05, 0) is 40.6 Å². The monoisotopic (exact) mass is 543 g/mol. The van der Waals surface area contributed by atoms with E-state index in [4.69, 9.17) is 4.74 Å². The van der Waals surface area contributed by atoms with Gasteiger partial charge in [0.1, 0.15) is 11.2 Å². The Morgan fingerprint density at radius 1 is 0.571 bits per heavy atom. The fourth-order valence-electron chi connectivity index (χ4n) is 7.58. The number of Topliss-reactive ketones (excluding diaryl/α,β-unsaturated/α-hetero) is 3. The van der Waals surface area contributed by atoms with E-state index < -0.39 is 5.41 Å². The first kappa shape index (κ1) is 23.2. The first-order chi connectivity index (χ1) is 20.6. The van der Waals surface area contributed by atoms with Gasteiger partial charge in [0.25, 0.3) is 0 Å². The largest absolute Gasteiger partial charge is 0.497 e. The number of methoxy groups -OCH3 is 1. The topological polar surface area (TPSA) is 63.7 Å². The molecule has 0 aromatic heterocycles. The average molecular weight is 544 g/mol. The van der Waals surface area contributed by atoms with Crippen LogP contribution in [0.1, 0.15) is 47.8 Å². The molecular weight excluding hydrogens is 522 g/mol. The number of rotatable bonds is 2.